The highest BCUT2D eigenvalue weighted by molar-refractivity contribution is 5.96. The fourth-order valence-electron chi connectivity index (χ4n) is 5.33. The predicted octanol–water partition coefficient (Wildman–Crippen LogP) is 1.91. The maximum absolute atomic E-state index is 13.4. The zero-order chi connectivity index (χ0) is 20.7. The summed E-state index contributed by atoms with van der Waals surface area (Å²) in [4.78, 5) is 49.3. The molecule has 7 nitrogen and oxygen atoms in total. The molecule has 2 aliphatic heterocycles. The molecule has 3 aliphatic rings. The maximum Gasteiger partial charge on any atom is 0.261 e. The molecule has 0 radical (unpaired) electrons. The van der Waals surface area contributed by atoms with E-state index in [-0.39, 0.29) is 23.4 Å². The smallest absolute Gasteiger partial charge is 0.261 e. The minimum Gasteiger partial charge on any atom is -0.338 e. The van der Waals surface area contributed by atoms with Gasteiger partial charge in [-0.05, 0) is 54.4 Å². The third-order valence-electron chi connectivity index (χ3n) is 6.84. The molecule has 1 saturated heterocycles. The second-order valence-electron chi connectivity index (χ2n) is 8.74. The van der Waals surface area contributed by atoms with Crippen molar-refractivity contribution in [2.24, 2.45) is 5.92 Å². The van der Waals surface area contributed by atoms with Crippen LogP contribution in [-0.4, -0.2) is 50.7 Å². The molecule has 156 valence electrons. The molecule has 7 heteroatoms. The summed E-state index contributed by atoms with van der Waals surface area (Å²) >= 11 is 0. The molecule has 1 aliphatic carbocycles. The number of amides is 2. The molecule has 0 aromatic carbocycles. The van der Waals surface area contributed by atoms with Crippen LogP contribution >= 0.6 is 0 Å². The average molecular weight is 406 g/mol. The standard InChI is InChI=1S/C23H26N4O3/c28-20(10-15-4-2-7-24-11-15)26-8-6-19-17(14-26)12-25-22(29)21(19)23(30)27-13-16-3-1-5-18(27)9-16/h2,4,7,11-12,16,18H,1,3,5-6,8-10,13-14H2,(H,25,29)/t16-,18+/m1/s1. The minimum absolute atomic E-state index is 0.0288. The molecule has 2 aromatic rings. The lowest BCUT2D eigenvalue weighted by Gasteiger charge is -2.31. The second kappa shape index (κ2) is 7.70. The molecule has 2 fully saturated rings. The molecule has 2 aromatic heterocycles. The molecule has 1 N–H and O–H groups in total. The molecule has 2 bridgehead atoms. The van der Waals surface area contributed by atoms with E-state index < -0.39 is 0 Å². The molecular formula is C23H26N4O3. The van der Waals surface area contributed by atoms with Crippen LogP contribution in [0.2, 0.25) is 0 Å². The van der Waals surface area contributed by atoms with Crippen molar-refractivity contribution in [2.45, 2.75) is 51.1 Å². The van der Waals surface area contributed by atoms with Gasteiger partial charge in [0.05, 0.1) is 6.42 Å². The van der Waals surface area contributed by atoms with Crippen molar-refractivity contribution in [1.82, 2.24) is 19.8 Å². The van der Waals surface area contributed by atoms with Crippen molar-refractivity contribution >= 4 is 11.8 Å². The van der Waals surface area contributed by atoms with Crippen LogP contribution in [0, 0.1) is 5.92 Å². The van der Waals surface area contributed by atoms with Crippen molar-refractivity contribution in [3.8, 4) is 0 Å². The number of carbonyl (C=O) groups excluding carboxylic acids is 2. The van der Waals surface area contributed by atoms with E-state index in [2.05, 4.69) is 9.97 Å². The quantitative estimate of drug-likeness (QED) is 0.844. The van der Waals surface area contributed by atoms with E-state index >= 15 is 0 Å². The van der Waals surface area contributed by atoms with E-state index in [0.717, 1.165) is 42.5 Å². The number of carbonyl (C=O) groups is 2. The highest BCUT2D eigenvalue weighted by atomic mass is 16.2. The summed E-state index contributed by atoms with van der Waals surface area (Å²) in [6, 6.07) is 3.99. The number of pyridine rings is 2. The van der Waals surface area contributed by atoms with Crippen molar-refractivity contribution in [3.05, 3.63) is 63.3 Å². The summed E-state index contributed by atoms with van der Waals surface area (Å²) in [6.07, 6.45) is 10.3. The molecular weight excluding hydrogens is 380 g/mol. The molecule has 0 spiro atoms. The summed E-state index contributed by atoms with van der Waals surface area (Å²) in [5.41, 5.74) is 2.54. The zero-order valence-corrected chi connectivity index (χ0v) is 17.0. The number of hydrogen-bond donors (Lipinski definition) is 1. The van der Waals surface area contributed by atoms with Crippen molar-refractivity contribution in [2.75, 3.05) is 13.1 Å². The second-order valence-corrected chi connectivity index (χ2v) is 8.74. The fraction of sp³-hybridized carbons (Fsp3) is 0.478. The summed E-state index contributed by atoms with van der Waals surface area (Å²) in [7, 11) is 0. The van der Waals surface area contributed by atoms with Gasteiger partial charge in [0, 0.05) is 44.3 Å². The van der Waals surface area contributed by atoms with E-state index in [4.69, 9.17) is 0 Å². The molecule has 0 unspecified atom stereocenters. The first kappa shape index (κ1) is 19.0. The Morgan fingerprint density at radius 1 is 1.27 bits per heavy atom. The number of hydrogen-bond acceptors (Lipinski definition) is 4. The van der Waals surface area contributed by atoms with E-state index in [1.54, 1.807) is 23.5 Å². The largest absolute Gasteiger partial charge is 0.338 e. The Balaban J connectivity index is 1.37. The maximum atomic E-state index is 13.4. The van der Waals surface area contributed by atoms with Gasteiger partial charge in [-0.1, -0.05) is 12.5 Å². The Bertz CT molecular complexity index is 1030. The lowest BCUT2D eigenvalue weighted by Crippen LogP contribution is -2.42. The Labute approximate surface area is 175 Å². The highest BCUT2D eigenvalue weighted by Gasteiger charge is 2.40. The number of likely N-dealkylation sites (tertiary alicyclic amines) is 1. The van der Waals surface area contributed by atoms with Gasteiger partial charge in [-0.2, -0.15) is 0 Å². The summed E-state index contributed by atoms with van der Waals surface area (Å²) in [5.74, 6) is 0.477. The average Bonchev–Trinajstić information content (AvgIpc) is 3.06. The van der Waals surface area contributed by atoms with Crippen molar-refractivity contribution < 1.29 is 9.59 Å². The predicted molar refractivity (Wildman–Crippen MR) is 111 cm³/mol. The van der Waals surface area contributed by atoms with Gasteiger partial charge in [0.25, 0.3) is 11.5 Å². The molecule has 30 heavy (non-hydrogen) atoms. The number of H-pyrrole nitrogens is 1. The van der Waals surface area contributed by atoms with Crippen LogP contribution in [0.1, 0.15) is 52.7 Å². The van der Waals surface area contributed by atoms with E-state index in [0.29, 0.717) is 37.4 Å². The molecule has 5 rings (SSSR count). The third-order valence-corrected chi connectivity index (χ3v) is 6.84. The SMILES string of the molecule is O=C(Cc1cccnc1)N1CCc2c(c[nH]c(=O)c2C(=O)N2C[C@@H]3CCC[C@H]2C3)C1. The van der Waals surface area contributed by atoms with Crippen molar-refractivity contribution in [1.29, 1.82) is 0 Å². The number of nitrogens with zero attached hydrogens (tertiary/aromatic N) is 3. The van der Waals surface area contributed by atoms with Crippen molar-refractivity contribution in [3.63, 3.8) is 0 Å². The third kappa shape index (κ3) is 3.42. The van der Waals surface area contributed by atoms with Crippen LogP contribution in [0.3, 0.4) is 0 Å². The number of rotatable bonds is 3. The Hall–Kier alpha value is -2.96. The lowest BCUT2D eigenvalue weighted by molar-refractivity contribution is -0.131. The minimum atomic E-state index is -0.310. The monoisotopic (exact) mass is 406 g/mol. The van der Waals surface area contributed by atoms with Crippen LogP contribution in [0.25, 0.3) is 0 Å². The van der Waals surface area contributed by atoms with Crippen LogP contribution in [0.15, 0.2) is 35.5 Å². The summed E-state index contributed by atoms with van der Waals surface area (Å²) < 4.78 is 0. The summed E-state index contributed by atoms with van der Waals surface area (Å²) in [5, 5.41) is 0. The first-order valence-corrected chi connectivity index (χ1v) is 10.8. The molecule has 1 saturated carbocycles. The van der Waals surface area contributed by atoms with Gasteiger partial charge in [-0.15, -0.1) is 0 Å². The van der Waals surface area contributed by atoms with Gasteiger partial charge in [0.1, 0.15) is 5.56 Å². The van der Waals surface area contributed by atoms with Gasteiger partial charge < -0.3 is 14.8 Å². The van der Waals surface area contributed by atoms with Crippen LogP contribution in [0.4, 0.5) is 0 Å². The van der Waals surface area contributed by atoms with E-state index in [1.165, 1.54) is 6.42 Å². The van der Waals surface area contributed by atoms with Crippen LogP contribution < -0.4 is 5.56 Å². The van der Waals surface area contributed by atoms with Gasteiger partial charge in [-0.25, -0.2) is 0 Å². The summed E-state index contributed by atoms with van der Waals surface area (Å²) in [6.45, 7) is 1.70. The van der Waals surface area contributed by atoms with Gasteiger partial charge in [0.2, 0.25) is 5.91 Å². The zero-order valence-electron chi connectivity index (χ0n) is 17.0. The fourth-order valence-corrected chi connectivity index (χ4v) is 5.33. The molecule has 4 heterocycles. The van der Waals surface area contributed by atoms with Crippen LogP contribution in [0.5, 0.6) is 0 Å². The van der Waals surface area contributed by atoms with E-state index in [9.17, 15) is 14.4 Å². The highest BCUT2D eigenvalue weighted by Crippen LogP contribution is 2.36. The Morgan fingerprint density at radius 2 is 2.17 bits per heavy atom. The van der Waals surface area contributed by atoms with Crippen LogP contribution in [-0.2, 0) is 24.2 Å². The van der Waals surface area contributed by atoms with E-state index in [1.807, 2.05) is 17.0 Å². The first-order valence-electron chi connectivity index (χ1n) is 10.8. The van der Waals surface area contributed by atoms with Gasteiger partial charge in [0.15, 0.2) is 0 Å². The Morgan fingerprint density at radius 3 is 2.97 bits per heavy atom. The lowest BCUT2D eigenvalue weighted by atomic mass is 9.90. The number of aromatic nitrogens is 2. The first-order chi connectivity index (χ1) is 14.6. The van der Waals surface area contributed by atoms with Gasteiger partial charge >= 0.3 is 0 Å². The topological polar surface area (TPSA) is 86.4 Å². The Kier molecular flexibility index (Phi) is 4.89. The number of nitrogens with one attached hydrogen (secondary N) is 1. The molecule has 2 amide bonds. The molecule has 2 atom stereocenters. The number of aromatic amines is 1. The number of fused-ring (bicyclic) bond motifs is 3. The van der Waals surface area contributed by atoms with Gasteiger partial charge in [-0.3, -0.25) is 19.4 Å². The normalized spacial score (nSPS) is 22.7.